The van der Waals surface area contributed by atoms with Gasteiger partial charge in [0.25, 0.3) is 0 Å². The lowest BCUT2D eigenvalue weighted by atomic mass is 10.1. The summed E-state index contributed by atoms with van der Waals surface area (Å²) in [5.74, 6) is 0. The summed E-state index contributed by atoms with van der Waals surface area (Å²) >= 11 is 0. The van der Waals surface area contributed by atoms with Crippen LogP contribution in [0.1, 0.15) is 20.8 Å². The molecule has 112 valence electrons. The Bertz CT molecular complexity index is 449. The lowest BCUT2D eigenvalue weighted by molar-refractivity contribution is -0.0167. The van der Waals surface area contributed by atoms with Gasteiger partial charge in [-0.15, -0.1) is 0 Å². The molecule has 20 heavy (non-hydrogen) atoms. The van der Waals surface area contributed by atoms with Gasteiger partial charge >= 0.3 is 12.1 Å². The number of carbonyl (C=O) groups is 2. The summed E-state index contributed by atoms with van der Waals surface area (Å²) in [6.07, 6.45) is -0.546. The fourth-order valence-corrected chi connectivity index (χ4v) is 3.24. The van der Waals surface area contributed by atoms with Gasteiger partial charge in [0.05, 0.1) is 19.9 Å². The van der Waals surface area contributed by atoms with Crippen molar-refractivity contribution >= 4 is 12.1 Å². The predicted octanol–water partition coefficient (Wildman–Crippen LogP) is -0.577. The number of hydrogen-bond acceptors (Lipinski definition) is 4. The van der Waals surface area contributed by atoms with Gasteiger partial charge in [0.2, 0.25) is 0 Å². The van der Waals surface area contributed by atoms with Crippen molar-refractivity contribution in [3.8, 4) is 0 Å². The first kappa shape index (κ1) is 13.4. The first-order valence-electron chi connectivity index (χ1n) is 6.85. The van der Waals surface area contributed by atoms with Crippen molar-refractivity contribution in [3.05, 3.63) is 0 Å². The molecule has 0 bridgehead atoms. The molecule has 3 aliphatic heterocycles. The highest BCUT2D eigenvalue weighted by molar-refractivity contribution is 5.85. The molecule has 3 rings (SSSR count). The number of nitrogens with zero attached hydrogens (tertiary/aromatic N) is 4. The van der Waals surface area contributed by atoms with Gasteiger partial charge in [-0.3, -0.25) is 19.6 Å². The van der Waals surface area contributed by atoms with Crippen LogP contribution in [0.5, 0.6) is 0 Å². The number of carbonyl (C=O) groups excluding carboxylic acids is 2. The molecule has 2 atom stereocenters. The molecule has 3 aliphatic rings. The van der Waals surface area contributed by atoms with Crippen LogP contribution >= 0.6 is 0 Å². The van der Waals surface area contributed by atoms with Gasteiger partial charge in [0, 0.05) is 12.1 Å². The van der Waals surface area contributed by atoms with Crippen LogP contribution in [0.15, 0.2) is 0 Å². The van der Waals surface area contributed by atoms with Gasteiger partial charge in [-0.05, 0) is 20.8 Å². The molecule has 8 heteroatoms. The topological polar surface area (TPSA) is 79.4 Å². The summed E-state index contributed by atoms with van der Waals surface area (Å²) in [6.45, 7) is 7.22. The third-order valence-corrected chi connectivity index (χ3v) is 4.03. The van der Waals surface area contributed by atoms with Crippen LogP contribution < -0.4 is 5.32 Å². The van der Waals surface area contributed by atoms with Crippen molar-refractivity contribution in [1.29, 1.82) is 0 Å². The highest BCUT2D eigenvalue weighted by Crippen LogP contribution is 2.36. The average molecular weight is 283 g/mol. The molecule has 0 saturated carbocycles. The third kappa shape index (κ3) is 1.75. The summed E-state index contributed by atoms with van der Waals surface area (Å²) in [7, 11) is 0. The molecule has 0 aromatic heterocycles. The molecule has 4 amide bonds. The quantitative estimate of drug-likeness (QED) is 0.711. The second-order valence-corrected chi connectivity index (χ2v) is 6.47. The average Bonchev–Trinajstić information content (AvgIpc) is 2.79. The maximum absolute atomic E-state index is 12.6. The lowest BCUT2D eigenvalue weighted by Gasteiger charge is -2.41. The van der Waals surface area contributed by atoms with E-state index in [1.165, 1.54) is 0 Å². The van der Waals surface area contributed by atoms with Crippen LogP contribution in [0.25, 0.3) is 0 Å². The lowest BCUT2D eigenvalue weighted by Crippen LogP contribution is -2.60. The van der Waals surface area contributed by atoms with E-state index in [1.807, 2.05) is 25.7 Å². The number of urea groups is 2. The zero-order valence-corrected chi connectivity index (χ0v) is 12.0. The fourth-order valence-electron chi connectivity index (χ4n) is 3.24. The molecule has 3 saturated heterocycles. The zero-order valence-electron chi connectivity index (χ0n) is 12.0. The molecule has 2 N–H and O–H groups in total. The minimum atomic E-state index is -0.357. The highest BCUT2D eigenvalue weighted by Gasteiger charge is 2.59. The summed E-state index contributed by atoms with van der Waals surface area (Å²) in [5, 5.41) is 12.0. The van der Waals surface area contributed by atoms with Gasteiger partial charge in [0.1, 0.15) is 6.17 Å². The van der Waals surface area contributed by atoms with Crippen molar-refractivity contribution in [2.75, 3.05) is 26.5 Å². The first-order chi connectivity index (χ1) is 9.34. The van der Waals surface area contributed by atoms with Crippen LogP contribution in [0, 0.1) is 0 Å². The third-order valence-electron chi connectivity index (χ3n) is 4.03. The predicted molar refractivity (Wildman–Crippen MR) is 70.3 cm³/mol. The van der Waals surface area contributed by atoms with Crippen molar-refractivity contribution in [1.82, 2.24) is 24.9 Å². The Kier molecular flexibility index (Phi) is 2.84. The maximum Gasteiger partial charge on any atom is 0.325 e. The Morgan fingerprint density at radius 3 is 2.50 bits per heavy atom. The summed E-state index contributed by atoms with van der Waals surface area (Å²) in [4.78, 5) is 31.7. The largest absolute Gasteiger partial charge is 0.395 e. The molecular formula is C12H21N5O3. The molecule has 0 aliphatic carbocycles. The molecular weight excluding hydrogens is 262 g/mol. The standard InChI is InChI=1S/C12H21N5O3/c1-12(2,3)17-8-9-15(10(19)13-8)6-14(4-5-18)7-16(9)11(17)20/h8-9,18H,4-7H2,1-3H3,(H,13,19)/t8-,9+/m1/s1. The molecule has 0 radical (unpaired) electrons. The van der Waals surface area contributed by atoms with Crippen LogP contribution in [-0.4, -0.2) is 81.1 Å². The molecule has 3 fully saturated rings. The van der Waals surface area contributed by atoms with E-state index in [0.29, 0.717) is 19.9 Å². The SMILES string of the molecule is CC(C)(C)N1C(=O)N2CN(CCO)CN3C(=O)N[C@H]1[C@@H]32. The van der Waals surface area contributed by atoms with E-state index in [4.69, 9.17) is 5.11 Å². The first-order valence-corrected chi connectivity index (χ1v) is 6.85. The molecule has 8 nitrogen and oxygen atoms in total. The molecule has 0 aromatic carbocycles. The molecule has 3 heterocycles. The van der Waals surface area contributed by atoms with E-state index >= 15 is 0 Å². The Balaban J connectivity index is 1.93. The van der Waals surface area contributed by atoms with Crippen LogP contribution in [-0.2, 0) is 0 Å². The number of hydrogen-bond donors (Lipinski definition) is 2. The van der Waals surface area contributed by atoms with Crippen molar-refractivity contribution < 1.29 is 14.7 Å². The highest BCUT2D eigenvalue weighted by atomic mass is 16.3. The summed E-state index contributed by atoms with van der Waals surface area (Å²) < 4.78 is 0. The Morgan fingerprint density at radius 1 is 1.25 bits per heavy atom. The minimum absolute atomic E-state index is 0.00850. The van der Waals surface area contributed by atoms with Crippen molar-refractivity contribution in [2.45, 2.75) is 38.6 Å². The molecule has 0 aromatic rings. The van der Waals surface area contributed by atoms with E-state index in [-0.39, 0.29) is 36.5 Å². The number of aliphatic hydroxyl groups is 1. The number of aliphatic hydroxyl groups excluding tert-OH is 1. The fraction of sp³-hybridized carbons (Fsp3) is 0.833. The number of rotatable bonds is 2. The number of nitrogens with one attached hydrogen (secondary N) is 1. The Hall–Kier alpha value is -1.54. The molecule has 0 unspecified atom stereocenters. The van der Waals surface area contributed by atoms with Crippen molar-refractivity contribution in [3.63, 3.8) is 0 Å². The van der Waals surface area contributed by atoms with E-state index in [1.54, 1.807) is 14.7 Å². The summed E-state index contributed by atoms with van der Waals surface area (Å²) in [5.41, 5.74) is -0.357. The molecule has 0 spiro atoms. The number of amides is 4. The smallest absolute Gasteiger partial charge is 0.325 e. The van der Waals surface area contributed by atoms with Crippen LogP contribution in [0.3, 0.4) is 0 Å². The second-order valence-electron chi connectivity index (χ2n) is 6.47. The zero-order chi connectivity index (χ0) is 14.7. The number of β-amino-alcohol motifs (C(OH)–C–C–N with tert-alkyl or cyclic N) is 1. The monoisotopic (exact) mass is 283 g/mol. The van der Waals surface area contributed by atoms with Gasteiger partial charge in [0.15, 0.2) is 6.17 Å². The Morgan fingerprint density at radius 2 is 1.90 bits per heavy atom. The maximum atomic E-state index is 12.6. The minimum Gasteiger partial charge on any atom is -0.395 e. The van der Waals surface area contributed by atoms with Crippen LogP contribution in [0.2, 0.25) is 0 Å². The van der Waals surface area contributed by atoms with E-state index < -0.39 is 0 Å². The Labute approximate surface area is 117 Å². The van der Waals surface area contributed by atoms with Gasteiger partial charge in [-0.1, -0.05) is 0 Å². The summed E-state index contributed by atoms with van der Waals surface area (Å²) in [6, 6.07) is -0.227. The van der Waals surface area contributed by atoms with Crippen molar-refractivity contribution in [2.24, 2.45) is 0 Å². The van der Waals surface area contributed by atoms with Gasteiger partial charge in [-0.2, -0.15) is 0 Å². The van der Waals surface area contributed by atoms with Crippen LogP contribution in [0.4, 0.5) is 9.59 Å². The normalized spacial score (nSPS) is 30.1. The second kappa shape index (κ2) is 4.23. The van der Waals surface area contributed by atoms with E-state index in [0.717, 1.165) is 0 Å². The van der Waals surface area contributed by atoms with Gasteiger partial charge < -0.3 is 10.4 Å². The van der Waals surface area contributed by atoms with E-state index in [9.17, 15) is 9.59 Å². The van der Waals surface area contributed by atoms with Gasteiger partial charge in [-0.25, -0.2) is 9.59 Å². The van der Waals surface area contributed by atoms with E-state index in [2.05, 4.69) is 5.32 Å².